The molecular formula is C27H39F3N6O. The molecule has 0 spiro atoms. The summed E-state index contributed by atoms with van der Waals surface area (Å²) in [6.45, 7) is 2.83. The van der Waals surface area contributed by atoms with Crippen LogP contribution in [-0.4, -0.2) is 46.8 Å². The molecule has 0 aromatic carbocycles. The lowest BCUT2D eigenvalue weighted by molar-refractivity contribution is -0.136. The molecule has 0 bridgehead atoms. The van der Waals surface area contributed by atoms with Gasteiger partial charge in [-0.15, -0.1) is 0 Å². The Labute approximate surface area is 215 Å². The molecular weight excluding hydrogens is 481 g/mol. The van der Waals surface area contributed by atoms with Crippen LogP contribution in [0.4, 0.5) is 13.2 Å². The van der Waals surface area contributed by atoms with Crippen molar-refractivity contribution in [2.45, 2.75) is 69.8 Å². The molecule has 0 amide bonds. The standard InChI is InChI=1S/C27H39F3N6O/c1-34-16-32-33-25(34)24(18-4-2-5-18)20-12-19(17-7-9-31-10-8-17)13-21(14-20)36-15-23-22(27(28,29)30)6-3-11-35(23)26(36)37/h3,6,11,15,17-21,24-25,31-33H,2,4-5,7-10,12-14,16H2,1H3/t19?,20?,21?,24-,25?/m1/s1. The number of imidazole rings is 1. The highest BCUT2D eigenvalue weighted by atomic mass is 19.4. The van der Waals surface area contributed by atoms with E-state index in [1.165, 1.54) is 42.1 Å². The number of piperidine rings is 1. The average Bonchev–Trinajstić information content (AvgIpc) is 3.43. The van der Waals surface area contributed by atoms with Gasteiger partial charge in [0.1, 0.15) is 0 Å². The number of rotatable bonds is 5. The Balaban J connectivity index is 1.38. The molecule has 2 saturated heterocycles. The molecule has 7 nitrogen and oxygen atoms in total. The summed E-state index contributed by atoms with van der Waals surface area (Å²) in [5.41, 5.74) is 5.70. The number of alkyl halides is 3. The predicted octanol–water partition coefficient (Wildman–Crippen LogP) is 3.82. The molecule has 10 heteroatoms. The molecule has 2 aromatic heterocycles. The van der Waals surface area contributed by atoms with Crippen molar-refractivity contribution >= 4 is 5.52 Å². The number of hydrogen-bond acceptors (Lipinski definition) is 5. The summed E-state index contributed by atoms with van der Waals surface area (Å²) in [6.07, 6.45) is 7.54. The molecule has 4 unspecified atom stereocenters. The second kappa shape index (κ2) is 10.0. The number of nitrogens with zero attached hydrogens (tertiary/aromatic N) is 3. The molecule has 4 fully saturated rings. The zero-order chi connectivity index (χ0) is 25.7. The number of pyridine rings is 1. The first-order chi connectivity index (χ1) is 17.8. The van der Waals surface area contributed by atoms with E-state index in [1.807, 2.05) is 0 Å². The summed E-state index contributed by atoms with van der Waals surface area (Å²) in [4.78, 5) is 15.8. The molecule has 4 aliphatic rings. The van der Waals surface area contributed by atoms with Gasteiger partial charge in [0, 0.05) is 18.4 Å². The highest BCUT2D eigenvalue weighted by Gasteiger charge is 2.46. The first-order valence-corrected chi connectivity index (χ1v) is 14.0. The van der Waals surface area contributed by atoms with Crippen LogP contribution in [0.3, 0.4) is 0 Å². The Bertz CT molecular complexity index is 1150. The van der Waals surface area contributed by atoms with Crippen molar-refractivity contribution in [1.82, 2.24) is 30.0 Å². The van der Waals surface area contributed by atoms with Crippen molar-refractivity contribution in [3.05, 3.63) is 40.6 Å². The highest BCUT2D eigenvalue weighted by Crippen LogP contribution is 2.50. The van der Waals surface area contributed by atoms with Crippen molar-refractivity contribution in [3.63, 3.8) is 0 Å². The summed E-state index contributed by atoms with van der Waals surface area (Å²) in [6, 6.07) is 2.31. The molecule has 3 N–H and O–H groups in total. The van der Waals surface area contributed by atoms with Crippen molar-refractivity contribution < 1.29 is 13.2 Å². The van der Waals surface area contributed by atoms with Crippen LogP contribution in [0.2, 0.25) is 0 Å². The van der Waals surface area contributed by atoms with Gasteiger partial charge in [-0.1, -0.05) is 19.3 Å². The largest absolute Gasteiger partial charge is 0.418 e. The van der Waals surface area contributed by atoms with Crippen LogP contribution in [0.25, 0.3) is 5.52 Å². The van der Waals surface area contributed by atoms with E-state index in [2.05, 4.69) is 28.1 Å². The Hall–Kier alpha value is -1.88. The molecule has 4 heterocycles. The zero-order valence-electron chi connectivity index (χ0n) is 21.5. The van der Waals surface area contributed by atoms with Crippen LogP contribution in [-0.2, 0) is 6.18 Å². The summed E-state index contributed by atoms with van der Waals surface area (Å²) in [5, 5.41) is 3.47. The summed E-state index contributed by atoms with van der Waals surface area (Å²) in [5.74, 6) is 2.60. The lowest BCUT2D eigenvalue weighted by Crippen LogP contribution is -2.51. The van der Waals surface area contributed by atoms with Crippen LogP contribution >= 0.6 is 0 Å². The fourth-order valence-corrected chi connectivity index (χ4v) is 7.85. The molecule has 2 saturated carbocycles. The van der Waals surface area contributed by atoms with Crippen LogP contribution in [0.1, 0.15) is 63.0 Å². The van der Waals surface area contributed by atoms with Gasteiger partial charge in [-0.3, -0.25) is 13.9 Å². The first-order valence-electron chi connectivity index (χ1n) is 14.0. The Morgan fingerprint density at radius 3 is 2.46 bits per heavy atom. The maximum atomic E-state index is 13.8. The van der Waals surface area contributed by atoms with Crippen LogP contribution in [0, 0.1) is 29.6 Å². The fraction of sp³-hybridized carbons (Fsp3) is 0.741. The summed E-state index contributed by atoms with van der Waals surface area (Å²) >= 11 is 0. The van der Waals surface area contributed by atoms with E-state index >= 15 is 0 Å². The van der Waals surface area contributed by atoms with E-state index in [1.54, 1.807) is 4.57 Å². The van der Waals surface area contributed by atoms with E-state index < -0.39 is 11.7 Å². The third-order valence-electron chi connectivity index (χ3n) is 9.88. The zero-order valence-corrected chi connectivity index (χ0v) is 21.5. The lowest BCUT2D eigenvalue weighted by Gasteiger charge is -2.49. The normalized spacial score (nSPS) is 31.6. The second-order valence-corrected chi connectivity index (χ2v) is 11.9. The Morgan fingerprint density at radius 1 is 1.03 bits per heavy atom. The van der Waals surface area contributed by atoms with E-state index in [-0.39, 0.29) is 23.4 Å². The predicted molar refractivity (Wildman–Crippen MR) is 136 cm³/mol. The maximum Gasteiger partial charge on any atom is 0.418 e. The van der Waals surface area contributed by atoms with Crippen LogP contribution < -0.4 is 21.9 Å². The van der Waals surface area contributed by atoms with E-state index in [9.17, 15) is 18.0 Å². The number of nitrogens with one attached hydrogen (secondary N) is 3. The molecule has 2 aliphatic heterocycles. The van der Waals surface area contributed by atoms with Crippen molar-refractivity contribution in [2.24, 2.45) is 29.6 Å². The SMILES string of the molecule is CN1CNNC1[C@H](C1CCC1)C1CC(C2CCNCC2)CC(n2cc3c(C(F)(F)F)cccn3c2=O)C1. The third-order valence-corrected chi connectivity index (χ3v) is 9.88. The quantitative estimate of drug-likeness (QED) is 0.560. The van der Waals surface area contributed by atoms with Crippen LogP contribution in [0.5, 0.6) is 0 Å². The minimum atomic E-state index is -4.50. The van der Waals surface area contributed by atoms with E-state index in [0.717, 1.165) is 57.9 Å². The van der Waals surface area contributed by atoms with Gasteiger partial charge in [0.2, 0.25) is 0 Å². The Morgan fingerprint density at radius 2 is 1.81 bits per heavy atom. The van der Waals surface area contributed by atoms with Gasteiger partial charge in [0.15, 0.2) is 0 Å². The molecule has 6 rings (SSSR count). The number of halogens is 3. The Kier molecular flexibility index (Phi) is 6.88. The fourth-order valence-electron chi connectivity index (χ4n) is 7.85. The minimum absolute atomic E-state index is 0.0440. The lowest BCUT2D eigenvalue weighted by atomic mass is 9.61. The first kappa shape index (κ1) is 25.4. The number of hydrogen-bond donors (Lipinski definition) is 3. The van der Waals surface area contributed by atoms with Gasteiger partial charge < -0.3 is 5.32 Å². The molecule has 37 heavy (non-hydrogen) atoms. The van der Waals surface area contributed by atoms with E-state index in [0.29, 0.717) is 29.6 Å². The molecule has 2 aromatic rings. The minimum Gasteiger partial charge on any atom is -0.317 e. The highest BCUT2D eigenvalue weighted by molar-refractivity contribution is 5.55. The number of fused-ring (bicyclic) bond motifs is 1. The van der Waals surface area contributed by atoms with Gasteiger partial charge in [0.25, 0.3) is 0 Å². The second-order valence-electron chi connectivity index (χ2n) is 11.9. The molecule has 2 aliphatic carbocycles. The average molecular weight is 521 g/mol. The molecule has 204 valence electrons. The van der Waals surface area contributed by atoms with Crippen molar-refractivity contribution in [3.8, 4) is 0 Å². The van der Waals surface area contributed by atoms with Crippen molar-refractivity contribution in [2.75, 3.05) is 26.8 Å². The van der Waals surface area contributed by atoms with Crippen LogP contribution in [0.15, 0.2) is 29.3 Å². The summed E-state index contributed by atoms with van der Waals surface area (Å²) < 4.78 is 44.1. The summed E-state index contributed by atoms with van der Waals surface area (Å²) in [7, 11) is 2.15. The van der Waals surface area contributed by atoms with Gasteiger partial charge in [-0.05, 0) is 94.0 Å². The van der Waals surface area contributed by atoms with Gasteiger partial charge in [0.05, 0.1) is 23.9 Å². The van der Waals surface area contributed by atoms with E-state index in [4.69, 9.17) is 0 Å². The number of aromatic nitrogens is 2. The molecule has 0 radical (unpaired) electrons. The smallest absolute Gasteiger partial charge is 0.317 e. The van der Waals surface area contributed by atoms with Gasteiger partial charge >= 0.3 is 11.9 Å². The van der Waals surface area contributed by atoms with Gasteiger partial charge in [-0.2, -0.15) is 13.2 Å². The van der Waals surface area contributed by atoms with Crippen molar-refractivity contribution in [1.29, 1.82) is 0 Å². The monoisotopic (exact) mass is 520 g/mol. The topological polar surface area (TPSA) is 65.7 Å². The molecule has 5 atom stereocenters. The van der Waals surface area contributed by atoms with Gasteiger partial charge in [-0.25, -0.2) is 15.6 Å². The maximum absolute atomic E-state index is 13.8. The third kappa shape index (κ3) is 4.75. The number of hydrazine groups is 1.